The molecule has 0 atom stereocenters. The van der Waals surface area contributed by atoms with Gasteiger partial charge in [-0.3, -0.25) is 0 Å². The third-order valence-electron chi connectivity index (χ3n) is 3.72. The Bertz CT molecular complexity index is 380. The molecule has 0 radical (unpaired) electrons. The number of hydrogen-bond acceptors (Lipinski definition) is 2. The zero-order chi connectivity index (χ0) is 14.0. The molecule has 0 aliphatic carbocycles. The zero-order valence-electron chi connectivity index (χ0n) is 12.1. The first kappa shape index (κ1) is 15.3. The van der Waals surface area contributed by atoms with Crippen LogP contribution in [-0.2, 0) is 4.74 Å². The molecule has 112 valence electrons. The average molecular weight is 282 g/mol. The molecule has 0 bridgehead atoms. The first-order valence-electron chi connectivity index (χ1n) is 7.65. The average Bonchev–Trinajstić information content (AvgIpc) is 2.49. The fraction of sp³-hybridized carbons (Fsp3) is 0.625. The van der Waals surface area contributed by atoms with Gasteiger partial charge < -0.3 is 14.4 Å². The quantitative estimate of drug-likeness (QED) is 0.733. The lowest BCUT2D eigenvalue weighted by atomic mass is 10.2. The van der Waals surface area contributed by atoms with Crippen molar-refractivity contribution in [3.05, 3.63) is 30.1 Å². The van der Waals surface area contributed by atoms with E-state index in [2.05, 4.69) is 0 Å². The molecule has 3 nitrogen and oxygen atoms in total. The number of unbranched alkanes of at least 4 members (excludes halogenated alkanes) is 3. The van der Waals surface area contributed by atoms with Gasteiger partial charge in [-0.1, -0.05) is 12.1 Å². The van der Waals surface area contributed by atoms with Crippen LogP contribution < -0.4 is 9.64 Å². The van der Waals surface area contributed by atoms with Crippen LogP contribution in [0.2, 0.25) is 0 Å². The van der Waals surface area contributed by atoms with Crippen molar-refractivity contribution in [3.8, 4) is 5.75 Å². The lowest BCUT2D eigenvalue weighted by Crippen LogP contribution is -3.14. The molecule has 20 heavy (non-hydrogen) atoms. The standard InChI is InChI=1S/C16H24FNO2/c17-15-7-3-4-8-16(15)20-12-6-2-1-5-9-18-10-13-19-14-11-18/h3-4,7-8H,1-2,5-6,9-14H2/p+1. The number of quaternary nitrogens is 1. The molecule has 1 heterocycles. The molecule has 1 aliphatic rings. The minimum absolute atomic E-state index is 0.275. The molecule has 0 spiro atoms. The van der Waals surface area contributed by atoms with Crippen LogP contribution in [0.4, 0.5) is 4.39 Å². The van der Waals surface area contributed by atoms with Crippen molar-refractivity contribution in [1.82, 2.24) is 0 Å². The van der Waals surface area contributed by atoms with Gasteiger partial charge in [-0.15, -0.1) is 0 Å². The van der Waals surface area contributed by atoms with E-state index in [1.807, 2.05) is 0 Å². The minimum atomic E-state index is -0.275. The van der Waals surface area contributed by atoms with Gasteiger partial charge in [-0.2, -0.15) is 0 Å². The van der Waals surface area contributed by atoms with E-state index < -0.39 is 0 Å². The predicted molar refractivity (Wildman–Crippen MR) is 76.7 cm³/mol. The Labute approximate surface area is 120 Å². The molecule has 1 N–H and O–H groups in total. The van der Waals surface area contributed by atoms with Gasteiger partial charge in [0.15, 0.2) is 11.6 Å². The third-order valence-corrected chi connectivity index (χ3v) is 3.72. The van der Waals surface area contributed by atoms with E-state index in [0.717, 1.165) is 39.1 Å². The summed E-state index contributed by atoms with van der Waals surface area (Å²) in [6, 6.07) is 6.58. The summed E-state index contributed by atoms with van der Waals surface area (Å²) in [6.07, 6.45) is 4.63. The van der Waals surface area contributed by atoms with Gasteiger partial charge in [0, 0.05) is 0 Å². The zero-order valence-corrected chi connectivity index (χ0v) is 12.1. The van der Waals surface area contributed by atoms with Gasteiger partial charge in [0.1, 0.15) is 13.1 Å². The third kappa shape index (κ3) is 5.47. The number of morpholine rings is 1. The summed E-state index contributed by atoms with van der Waals surface area (Å²) >= 11 is 0. The number of para-hydroxylation sites is 1. The highest BCUT2D eigenvalue weighted by molar-refractivity contribution is 5.23. The summed E-state index contributed by atoms with van der Waals surface area (Å²) in [7, 11) is 0. The molecule has 1 aromatic rings. The number of benzene rings is 1. The van der Waals surface area contributed by atoms with Gasteiger partial charge >= 0.3 is 0 Å². The maximum absolute atomic E-state index is 13.3. The van der Waals surface area contributed by atoms with E-state index in [0.29, 0.717) is 12.4 Å². The van der Waals surface area contributed by atoms with Crippen molar-refractivity contribution in [2.45, 2.75) is 25.7 Å². The SMILES string of the molecule is Fc1ccccc1OCCCCCC[NH+]1CCOCC1. The van der Waals surface area contributed by atoms with Crippen molar-refractivity contribution >= 4 is 0 Å². The summed E-state index contributed by atoms with van der Waals surface area (Å²) in [4.78, 5) is 1.67. The van der Waals surface area contributed by atoms with Crippen molar-refractivity contribution in [1.29, 1.82) is 0 Å². The summed E-state index contributed by atoms with van der Waals surface area (Å²) in [5, 5.41) is 0. The highest BCUT2D eigenvalue weighted by atomic mass is 19.1. The second kappa shape index (κ2) is 8.93. The van der Waals surface area contributed by atoms with Crippen LogP contribution in [0.15, 0.2) is 24.3 Å². The van der Waals surface area contributed by atoms with Crippen LogP contribution in [0.25, 0.3) is 0 Å². The second-order valence-electron chi connectivity index (χ2n) is 5.31. The Morgan fingerprint density at radius 1 is 1.05 bits per heavy atom. The van der Waals surface area contributed by atoms with Crippen LogP contribution in [0.5, 0.6) is 5.75 Å². The highest BCUT2D eigenvalue weighted by Crippen LogP contribution is 2.15. The lowest BCUT2D eigenvalue weighted by molar-refractivity contribution is -0.908. The molecule has 1 aliphatic heterocycles. The molecular formula is C16H25FNO2+. The maximum Gasteiger partial charge on any atom is 0.165 e. The molecular weight excluding hydrogens is 257 g/mol. The molecule has 4 heteroatoms. The molecule has 0 unspecified atom stereocenters. The predicted octanol–water partition coefficient (Wildman–Crippen LogP) is 1.68. The maximum atomic E-state index is 13.3. The van der Waals surface area contributed by atoms with Crippen LogP contribution in [0, 0.1) is 5.82 Å². The summed E-state index contributed by atoms with van der Waals surface area (Å²) in [5.41, 5.74) is 0. The van der Waals surface area contributed by atoms with Gasteiger partial charge in [-0.05, 0) is 37.8 Å². The van der Waals surface area contributed by atoms with Gasteiger partial charge in [0.2, 0.25) is 0 Å². The summed E-state index contributed by atoms with van der Waals surface area (Å²) in [6.45, 7) is 5.97. The number of hydrogen-bond donors (Lipinski definition) is 1. The van der Waals surface area contributed by atoms with E-state index in [-0.39, 0.29) is 5.82 Å². The molecule has 0 saturated carbocycles. The largest absolute Gasteiger partial charge is 0.491 e. The van der Waals surface area contributed by atoms with E-state index in [9.17, 15) is 4.39 Å². The van der Waals surface area contributed by atoms with Crippen LogP contribution in [0.1, 0.15) is 25.7 Å². The van der Waals surface area contributed by atoms with Crippen LogP contribution in [-0.4, -0.2) is 39.5 Å². The monoisotopic (exact) mass is 282 g/mol. The molecule has 2 rings (SSSR count). The van der Waals surface area contributed by atoms with E-state index >= 15 is 0 Å². The molecule has 0 aromatic heterocycles. The topological polar surface area (TPSA) is 22.9 Å². The van der Waals surface area contributed by atoms with E-state index in [1.165, 1.54) is 25.5 Å². The smallest absolute Gasteiger partial charge is 0.165 e. The fourth-order valence-corrected chi connectivity index (χ4v) is 2.48. The fourth-order valence-electron chi connectivity index (χ4n) is 2.48. The van der Waals surface area contributed by atoms with Gasteiger partial charge in [0.05, 0.1) is 26.4 Å². The molecule has 1 saturated heterocycles. The minimum Gasteiger partial charge on any atom is -0.491 e. The normalized spacial score (nSPS) is 16.2. The van der Waals surface area contributed by atoms with E-state index in [4.69, 9.17) is 9.47 Å². The first-order chi connectivity index (χ1) is 9.86. The lowest BCUT2D eigenvalue weighted by Gasteiger charge is -2.23. The Kier molecular flexibility index (Phi) is 6.81. The summed E-state index contributed by atoms with van der Waals surface area (Å²) in [5.74, 6) is 0.0914. The highest BCUT2D eigenvalue weighted by Gasteiger charge is 2.12. The second-order valence-corrected chi connectivity index (χ2v) is 5.31. The number of halogens is 1. The van der Waals surface area contributed by atoms with Crippen molar-refractivity contribution in [2.75, 3.05) is 39.5 Å². The molecule has 0 amide bonds. The van der Waals surface area contributed by atoms with Crippen molar-refractivity contribution in [3.63, 3.8) is 0 Å². The van der Waals surface area contributed by atoms with Crippen LogP contribution in [0.3, 0.4) is 0 Å². The van der Waals surface area contributed by atoms with Gasteiger partial charge in [-0.25, -0.2) is 4.39 Å². The number of nitrogens with one attached hydrogen (secondary N) is 1. The van der Waals surface area contributed by atoms with Crippen molar-refractivity contribution < 1.29 is 18.8 Å². The first-order valence-corrected chi connectivity index (χ1v) is 7.65. The number of rotatable bonds is 8. The number of ether oxygens (including phenoxy) is 2. The van der Waals surface area contributed by atoms with Gasteiger partial charge in [0.25, 0.3) is 0 Å². The Hall–Kier alpha value is -1.13. The summed E-state index contributed by atoms with van der Waals surface area (Å²) < 4.78 is 24.1. The molecule has 1 aromatic carbocycles. The van der Waals surface area contributed by atoms with Crippen molar-refractivity contribution in [2.24, 2.45) is 0 Å². The van der Waals surface area contributed by atoms with Crippen LogP contribution >= 0.6 is 0 Å². The Morgan fingerprint density at radius 3 is 2.60 bits per heavy atom. The Morgan fingerprint density at radius 2 is 1.80 bits per heavy atom. The Balaban J connectivity index is 1.46. The van der Waals surface area contributed by atoms with E-state index in [1.54, 1.807) is 23.1 Å². The molecule has 1 fully saturated rings.